The third kappa shape index (κ3) is 5.43. The number of benzene rings is 3. The summed E-state index contributed by atoms with van der Waals surface area (Å²) in [4.78, 5) is 28.1. The van der Waals surface area contributed by atoms with Gasteiger partial charge >= 0.3 is 0 Å². The zero-order valence-corrected chi connectivity index (χ0v) is 18.7. The highest BCUT2D eigenvalue weighted by Gasteiger charge is 2.19. The SMILES string of the molecule is CCN(CC)C(=O)c1ccccc1NC(=O)/C(=C/c1ccc(OC)cc1)c1ccccc1. The highest BCUT2D eigenvalue weighted by molar-refractivity contribution is 6.29. The molecule has 0 aliphatic rings. The number of rotatable bonds is 8. The lowest BCUT2D eigenvalue weighted by Gasteiger charge is -2.20. The lowest BCUT2D eigenvalue weighted by Crippen LogP contribution is -2.31. The Morgan fingerprint density at radius 2 is 1.50 bits per heavy atom. The Morgan fingerprint density at radius 1 is 0.875 bits per heavy atom. The molecule has 0 bridgehead atoms. The van der Waals surface area contributed by atoms with Crippen LogP contribution in [-0.2, 0) is 4.79 Å². The number of methoxy groups -OCH3 is 1. The van der Waals surface area contributed by atoms with Gasteiger partial charge in [-0.05, 0) is 55.3 Å². The summed E-state index contributed by atoms with van der Waals surface area (Å²) in [7, 11) is 1.62. The van der Waals surface area contributed by atoms with Crippen LogP contribution in [0.3, 0.4) is 0 Å². The van der Waals surface area contributed by atoms with Gasteiger partial charge in [-0.15, -0.1) is 0 Å². The quantitative estimate of drug-likeness (QED) is 0.388. The van der Waals surface area contributed by atoms with Crippen LogP contribution in [0.2, 0.25) is 0 Å². The van der Waals surface area contributed by atoms with Crippen LogP contribution in [0.5, 0.6) is 5.75 Å². The van der Waals surface area contributed by atoms with Gasteiger partial charge in [0, 0.05) is 18.7 Å². The molecule has 0 atom stereocenters. The van der Waals surface area contributed by atoms with E-state index >= 15 is 0 Å². The van der Waals surface area contributed by atoms with E-state index in [9.17, 15) is 9.59 Å². The summed E-state index contributed by atoms with van der Waals surface area (Å²) in [5, 5.41) is 2.96. The molecule has 3 aromatic rings. The number of amides is 2. The standard InChI is InChI=1S/C27H28N2O3/c1-4-29(5-2)27(31)23-13-9-10-14-25(23)28-26(30)24(21-11-7-6-8-12-21)19-20-15-17-22(32-3)18-16-20/h6-19H,4-5H2,1-3H3,(H,28,30)/b24-19+. The fourth-order valence-corrected chi connectivity index (χ4v) is 3.41. The number of ether oxygens (including phenoxy) is 1. The molecule has 1 N–H and O–H groups in total. The molecule has 2 amide bonds. The lowest BCUT2D eigenvalue weighted by molar-refractivity contribution is -0.111. The molecular weight excluding hydrogens is 400 g/mol. The van der Waals surface area contributed by atoms with E-state index in [1.165, 1.54) is 0 Å². The first kappa shape index (κ1) is 22.8. The van der Waals surface area contributed by atoms with Crippen molar-refractivity contribution in [2.75, 3.05) is 25.5 Å². The summed E-state index contributed by atoms with van der Waals surface area (Å²) < 4.78 is 5.22. The Balaban J connectivity index is 1.97. The van der Waals surface area contributed by atoms with Gasteiger partial charge in [0.2, 0.25) is 0 Å². The van der Waals surface area contributed by atoms with E-state index in [1.54, 1.807) is 30.2 Å². The molecule has 0 saturated carbocycles. The zero-order valence-electron chi connectivity index (χ0n) is 18.7. The van der Waals surface area contributed by atoms with Crippen LogP contribution < -0.4 is 10.1 Å². The van der Waals surface area contributed by atoms with Crippen LogP contribution in [0, 0.1) is 0 Å². The molecule has 0 heterocycles. The number of carbonyl (C=O) groups is 2. The maximum absolute atomic E-state index is 13.4. The topological polar surface area (TPSA) is 58.6 Å². The molecule has 0 aromatic heterocycles. The number of nitrogens with zero attached hydrogens (tertiary/aromatic N) is 1. The molecule has 0 fully saturated rings. The van der Waals surface area contributed by atoms with E-state index in [0.29, 0.717) is 29.9 Å². The Bertz CT molecular complexity index is 1090. The van der Waals surface area contributed by atoms with E-state index in [4.69, 9.17) is 4.74 Å². The molecule has 0 saturated heterocycles. The molecule has 0 aliphatic heterocycles. The number of hydrogen-bond acceptors (Lipinski definition) is 3. The minimum atomic E-state index is -0.285. The second-order valence-electron chi connectivity index (χ2n) is 7.17. The van der Waals surface area contributed by atoms with E-state index < -0.39 is 0 Å². The average Bonchev–Trinajstić information content (AvgIpc) is 2.84. The molecule has 3 rings (SSSR count). The normalized spacial score (nSPS) is 11.0. The second-order valence-corrected chi connectivity index (χ2v) is 7.17. The van der Waals surface area contributed by atoms with Gasteiger partial charge in [0.25, 0.3) is 11.8 Å². The van der Waals surface area contributed by atoms with Crippen molar-refractivity contribution in [1.82, 2.24) is 4.90 Å². The van der Waals surface area contributed by atoms with Gasteiger partial charge in [0.1, 0.15) is 5.75 Å². The number of para-hydroxylation sites is 1. The highest BCUT2D eigenvalue weighted by atomic mass is 16.5. The lowest BCUT2D eigenvalue weighted by atomic mass is 10.0. The molecule has 164 valence electrons. The molecule has 0 spiro atoms. The summed E-state index contributed by atoms with van der Waals surface area (Å²) in [6.07, 6.45) is 1.83. The van der Waals surface area contributed by atoms with Gasteiger partial charge in [-0.1, -0.05) is 54.6 Å². The van der Waals surface area contributed by atoms with Crippen LogP contribution in [-0.4, -0.2) is 36.9 Å². The Hall–Kier alpha value is -3.86. The number of anilines is 1. The first-order valence-corrected chi connectivity index (χ1v) is 10.7. The summed E-state index contributed by atoms with van der Waals surface area (Å²) >= 11 is 0. The predicted molar refractivity (Wildman–Crippen MR) is 130 cm³/mol. The largest absolute Gasteiger partial charge is 0.497 e. The first-order chi connectivity index (χ1) is 15.6. The minimum absolute atomic E-state index is 0.105. The Morgan fingerprint density at radius 3 is 2.12 bits per heavy atom. The molecule has 0 aliphatic carbocycles. The van der Waals surface area contributed by atoms with Crippen LogP contribution in [0.25, 0.3) is 11.6 Å². The molecule has 3 aromatic carbocycles. The second kappa shape index (κ2) is 11.0. The van der Waals surface area contributed by atoms with Crippen molar-refractivity contribution < 1.29 is 14.3 Å². The van der Waals surface area contributed by atoms with E-state index in [-0.39, 0.29) is 11.8 Å². The molecule has 5 nitrogen and oxygen atoms in total. The molecular formula is C27H28N2O3. The Kier molecular flexibility index (Phi) is 7.81. The Labute approximate surface area is 189 Å². The fourth-order valence-electron chi connectivity index (χ4n) is 3.41. The van der Waals surface area contributed by atoms with Gasteiger partial charge < -0.3 is 15.0 Å². The van der Waals surface area contributed by atoms with Crippen molar-refractivity contribution in [3.63, 3.8) is 0 Å². The maximum atomic E-state index is 13.4. The molecule has 32 heavy (non-hydrogen) atoms. The van der Waals surface area contributed by atoms with Crippen molar-refractivity contribution in [2.24, 2.45) is 0 Å². The summed E-state index contributed by atoms with van der Waals surface area (Å²) in [6, 6.07) is 24.1. The smallest absolute Gasteiger partial charge is 0.256 e. The summed E-state index contributed by atoms with van der Waals surface area (Å²) in [5.74, 6) is 0.356. The van der Waals surface area contributed by atoms with E-state index in [2.05, 4.69) is 5.32 Å². The van der Waals surface area contributed by atoms with Crippen LogP contribution in [0.1, 0.15) is 35.3 Å². The molecule has 0 radical (unpaired) electrons. The maximum Gasteiger partial charge on any atom is 0.256 e. The van der Waals surface area contributed by atoms with Crippen LogP contribution in [0.15, 0.2) is 78.9 Å². The summed E-state index contributed by atoms with van der Waals surface area (Å²) in [5.41, 5.74) is 3.12. The monoisotopic (exact) mass is 428 g/mol. The fraction of sp³-hybridized carbons (Fsp3) is 0.185. The molecule has 0 unspecified atom stereocenters. The van der Waals surface area contributed by atoms with Gasteiger partial charge in [0.15, 0.2) is 0 Å². The van der Waals surface area contributed by atoms with Crippen molar-refractivity contribution in [1.29, 1.82) is 0 Å². The number of nitrogens with one attached hydrogen (secondary N) is 1. The highest BCUT2D eigenvalue weighted by Crippen LogP contribution is 2.24. The third-order valence-electron chi connectivity index (χ3n) is 5.21. The van der Waals surface area contributed by atoms with Gasteiger partial charge in [-0.2, -0.15) is 0 Å². The van der Waals surface area contributed by atoms with Crippen molar-refractivity contribution in [3.05, 3.63) is 95.6 Å². The van der Waals surface area contributed by atoms with Crippen molar-refractivity contribution in [2.45, 2.75) is 13.8 Å². The predicted octanol–water partition coefficient (Wildman–Crippen LogP) is 5.36. The zero-order chi connectivity index (χ0) is 22.9. The average molecular weight is 429 g/mol. The van der Waals surface area contributed by atoms with E-state index in [0.717, 1.165) is 16.9 Å². The van der Waals surface area contributed by atoms with Crippen molar-refractivity contribution >= 4 is 29.2 Å². The summed E-state index contributed by atoms with van der Waals surface area (Å²) in [6.45, 7) is 5.08. The van der Waals surface area contributed by atoms with Crippen LogP contribution >= 0.6 is 0 Å². The molecule has 5 heteroatoms. The van der Waals surface area contributed by atoms with Gasteiger partial charge in [0.05, 0.1) is 18.4 Å². The van der Waals surface area contributed by atoms with E-state index in [1.807, 2.05) is 80.6 Å². The van der Waals surface area contributed by atoms with Gasteiger partial charge in [-0.25, -0.2) is 0 Å². The van der Waals surface area contributed by atoms with Crippen LogP contribution in [0.4, 0.5) is 5.69 Å². The van der Waals surface area contributed by atoms with Gasteiger partial charge in [-0.3, -0.25) is 9.59 Å². The minimum Gasteiger partial charge on any atom is -0.497 e. The third-order valence-corrected chi connectivity index (χ3v) is 5.21. The van der Waals surface area contributed by atoms with Crippen molar-refractivity contribution in [3.8, 4) is 5.75 Å². The first-order valence-electron chi connectivity index (χ1n) is 10.7. The number of hydrogen-bond donors (Lipinski definition) is 1. The number of carbonyl (C=O) groups excluding carboxylic acids is 2.